The lowest BCUT2D eigenvalue weighted by molar-refractivity contribution is -0.122. The molecule has 0 saturated carbocycles. The zero-order chi connectivity index (χ0) is 12.5. The second-order valence-corrected chi connectivity index (χ2v) is 3.96. The molecule has 0 fully saturated rings. The Labute approximate surface area is 102 Å². The van der Waals surface area contributed by atoms with Crippen LogP contribution in [0, 0.1) is 0 Å². The van der Waals surface area contributed by atoms with Gasteiger partial charge in [-0.25, -0.2) is 0 Å². The third kappa shape index (κ3) is 4.97. The maximum atomic E-state index is 11.7. The van der Waals surface area contributed by atoms with Crippen LogP contribution in [0.5, 0.6) is 0 Å². The molecule has 0 saturated heterocycles. The predicted octanol–water partition coefficient (Wildman–Crippen LogP) is 0.965. The number of hydrogen-bond acceptors (Lipinski definition) is 3. The van der Waals surface area contributed by atoms with Gasteiger partial charge in [0.1, 0.15) is 6.04 Å². The molecular weight excluding hydrogens is 216 g/mol. The molecular formula is C13H20N2O2. The van der Waals surface area contributed by atoms with Gasteiger partial charge in [-0.15, -0.1) is 0 Å². The number of nitrogens with two attached hydrogens (primary N) is 1. The van der Waals surface area contributed by atoms with Gasteiger partial charge in [0.15, 0.2) is 0 Å². The predicted molar refractivity (Wildman–Crippen MR) is 67.3 cm³/mol. The van der Waals surface area contributed by atoms with Crippen LogP contribution in [0.3, 0.4) is 0 Å². The van der Waals surface area contributed by atoms with Crippen molar-refractivity contribution in [1.29, 1.82) is 0 Å². The minimum atomic E-state index is -0.603. The molecule has 4 nitrogen and oxygen atoms in total. The van der Waals surface area contributed by atoms with Crippen LogP contribution in [0.15, 0.2) is 30.3 Å². The molecule has 0 heterocycles. The maximum Gasteiger partial charge on any atom is 0.241 e. The highest BCUT2D eigenvalue weighted by molar-refractivity contribution is 5.82. The standard InChI is InChI=1S/C13H20N2O2/c14-12(11-7-3-1-4-8-11)13(17)15-9-5-2-6-10-16/h1,3-4,7-8,12,16H,2,5-6,9-10,14H2,(H,15,17). The van der Waals surface area contributed by atoms with Gasteiger partial charge in [-0.2, -0.15) is 0 Å². The molecule has 94 valence electrons. The molecule has 0 bridgehead atoms. The average molecular weight is 236 g/mol. The number of unbranched alkanes of at least 4 members (excludes halogenated alkanes) is 2. The first-order valence-electron chi connectivity index (χ1n) is 5.95. The largest absolute Gasteiger partial charge is 0.396 e. The van der Waals surface area contributed by atoms with Crippen molar-refractivity contribution in [3.05, 3.63) is 35.9 Å². The molecule has 0 aliphatic heterocycles. The monoisotopic (exact) mass is 236 g/mol. The molecule has 0 aromatic heterocycles. The van der Waals surface area contributed by atoms with Crippen molar-refractivity contribution in [2.24, 2.45) is 5.73 Å². The summed E-state index contributed by atoms with van der Waals surface area (Å²) < 4.78 is 0. The Morgan fingerprint density at radius 2 is 1.94 bits per heavy atom. The van der Waals surface area contributed by atoms with Crippen LogP contribution in [0.4, 0.5) is 0 Å². The van der Waals surface area contributed by atoms with Gasteiger partial charge in [-0.3, -0.25) is 4.79 Å². The molecule has 1 unspecified atom stereocenters. The highest BCUT2D eigenvalue weighted by atomic mass is 16.2. The fourth-order valence-electron chi connectivity index (χ4n) is 1.55. The van der Waals surface area contributed by atoms with Crippen molar-refractivity contribution in [2.45, 2.75) is 25.3 Å². The first-order valence-corrected chi connectivity index (χ1v) is 5.95. The SMILES string of the molecule is NC(C(=O)NCCCCCO)c1ccccc1. The summed E-state index contributed by atoms with van der Waals surface area (Å²) in [4.78, 5) is 11.7. The third-order valence-electron chi connectivity index (χ3n) is 2.58. The summed E-state index contributed by atoms with van der Waals surface area (Å²) >= 11 is 0. The quantitative estimate of drug-likeness (QED) is 0.617. The van der Waals surface area contributed by atoms with E-state index >= 15 is 0 Å². The highest BCUT2D eigenvalue weighted by Gasteiger charge is 2.14. The molecule has 1 atom stereocenters. The van der Waals surface area contributed by atoms with E-state index in [0.29, 0.717) is 6.54 Å². The van der Waals surface area contributed by atoms with E-state index in [1.165, 1.54) is 0 Å². The summed E-state index contributed by atoms with van der Waals surface area (Å²) in [5, 5.41) is 11.4. The van der Waals surface area contributed by atoms with Gasteiger partial charge < -0.3 is 16.2 Å². The number of carbonyl (C=O) groups excluding carboxylic acids is 1. The van der Waals surface area contributed by atoms with Crippen molar-refractivity contribution in [1.82, 2.24) is 5.32 Å². The Morgan fingerprint density at radius 3 is 2.59 bits per heavy atom. The van der Waals surface area contributed by atoms with E-state index in [1.807, 2.05) is 30.3 Å². The van der Waals surface area contributed by atoms with Crippen LogP contribution >= 0.6 is 0 Å². The first kappa shape index (κ1) is 13.7. The topological polar surface area (TPSA) is 75.4 Å². The van der Waals surface area contributed by atoms with E-state index in [9.17, 15) is 4.79 Å². The van der Waals surface area contributed by atoms with E-state index in [1.54, 1.807) is 0 Å². The van der Waals surface area contributed by atoms with E-state index in [2.05, 4.69) is 5.32 Å². The second kappa shape index (κ2) is 7.81. The Morgan fingerprint density at radius 1 is 1.24 bits per heavy atom. The molecule has 1 aromatic rings. The van der Waals surface area contributed by atoms with Crippen LogP contribution in [-0.2, 0) is 4.79 Å². The molecule has 0 aliphatic rings. The van der Waals surface area contributed by atoms with Crippen molar-refractivity contribution in [2.75, 3.05) is 13.2 Å². The highest BCUT2D eigenvalue weighted by Crippen LogP contribution is 2.09. The van der Waals surface area contributed by atoms with Crippen molar-refractivity contribution in [3.8, 4) is 0 Å². The average Bonchev–Trinajstić information content (AvgIpc) is 2.38. The minimum absolute atomic E-state index is 0.153. The number of rotatable bonds is 7. The number of carbonyl (C=O) groups is 1. The number of nitrogens with one attached hydrogen (secondary N) is 1. The summed E-state index contributed by atoms with van der Waals surface area (Å²) in [6, 6.07) is 8.71. The molecule has 0 radical (unpaired) electrons. The third-order valence-corrected chi connectivity index (χ3v) is 2.58. The maximum absolute atomic E-state index is 11.7. The zero-order valence-corrected chi connectivity index (χ0v) is 9.93. The van der Waals surface area contributed by atoms with Crippen molar-refractivity contribution < 1.29 is 9.90 Å². The Kier molecular flexibility index (Phi) is 6.29. The summed E-state index contributed by atoms with van der Waals surface area (Å²) in [7, 11) is 0. The van der Waals surface area contributed by atoms with E-state index in [4.69, 9.17) is 10.8 Å². The van der Waals surface area contributed by atoms with Gasteiger partial charge in [0.2, 0.25) is 5.91 Å². The summed E-state index contributed by atoms with van der Waals surface area (Å²) in [5.41, 5.74) is 6.65. The van der Waals surface area contributed by atoms with E-state index in [-0.39, 0.29) is 12.5 Å². The normalized spacial score (nSPS) is 12.1. The summed E-state index contributed by atoms with van der Waals surface area (Å²) in [6.07, 6.45) is 2.56. The van der Waals surface area contributed by atoms with Gasteiger partial charge in [-0.05, 0) is 24.8 Å². The summed E-state index contributed by atoms with van der Waals surface area (Å²) in [6.45, 7) is 0.816. The van der Waals surface area contributed by atoms with Crippen LogP contribution < -0.4 is 11.1 Å². The molecule has 0 aliphatic carbocycles. The van der Waals surface area contributed by atoms with Gasteiger partial charge in [0, 0.05) is 13.2 Å². The van der Waals surface area contributed by atoms with Crippen LogP contribution in [0.25, 0.3) is 0 Å². The van der Waals surface area contributed by atoms with Crippen LogP contribution in [-0.4, -0.2) is 24.2 Å². The lowest BCUT2D eigenvalue weighted by atomic mass is 10.1. The number of aliphatic hydroxyl groups excluding tert-OH is 1. The van der Waals surface area contributed by atoms with Gasteiger partial charge in [-0.1, -0.05) is 30.3 Å². The smallest absolute Gasteiger partial charge is 0.241 e. The fraction of sp³-hybridized carbons (Fsp3) is 0.462. The van der Waals surface area contributed by atoms with E-state index < -0.39 is 6.04 Å². The van der Waals surface area contributed by atoms with Gasteiger partial charge >= 0.3 is 0 Å². The number of amides is 1. The molecule has 0 spiro atoms. The van der Waals surface area contributed by atoms with Crippen molar-refractivity contribution in [3.63, 3.8) is 0 Å². The van der Waals surface area contributed by atoms with Crippen molar-refractivity contribution >= 4 is 5.91 Å². The lowest BCUT2D eigenvalue weighted by Crippen LogP contribution is -2.34. The molecule has 4 heteroatoms. The zero-order valence-electron chi connectivity index (χ0n) is 9.93. The second-order valence-electron chi connectivity index (χ2n) is 3.96. The fourth-order valence-corrected chi connectivity index (χ4v) is 1.55. The Hall–Kier alpha value is -1.39. The molecule has 1 aromatic carbocycles. The van der Waals surface area contributed by atoms with Crippen LogP contribution in [0.1, 0.15) is 30.9 Å². The summed E-state index contributed by atoms with van der Waals surface area (Å²) in [5.74, 6) is -0.153. The van der Waals surface area contributed by atoms with E-state index in [0.717, 1.165) is 24.8 Å². The first-order chi connectivity index (χ1) is 8.25. The Bertz CT molecular complexity index is 327. The van der Waals surface area contributed by atoms with Gasteiger partial charge in [0.25, 0.3) is 0 Å². The Balaban J connectivity index is 2.28. The lowest BCUT2D eigenvalue weighted by Gasteiger charge is -2.12. The minimum Gasteiger partial charge on any atom is -0.396 e. The molecule has 1 rings (SSSR count). The number of hydrogen-bond donors (Lipinski definition) is 3. The number of aliphatic hydroxyl groups is 1. The molecule has 1 amide bonds. The van der Waals surface area contributed by atoms with Crippen LogP contribution in [0.2, 0.25) is 0 Å². The number of benzene rings is 1. The van der Waals surface area contributed by atoms with Gasteiger partial charge in [0.05, 0.1) is 0 Å². The molecule has 4 N–H and O–H groups in total. The molecule has 17 heavy (non-hydrogen) atoms.